The summed E-state index contributed by atoms with van der Waals surface area (Å²) in [6.45, 7) is 4.05. The van der Waals surface area contributed by atoms with Crippen LogP contribution < -0.4 is 10.2 Å². The predicted octanol–water partition coefficient (Wildman–Crippen LogP) is 2.90. The van der Waals surface area contributed by atoms with Crippen LogP contribution in [0.25, 0.3) is 0 Å². The molecule has 0 fully saturated rings. The van der Waals surface area contributed by atoms with Crippen LogP contribution in [0.3, 0.4) is 0 Å². The molecule has 1 heterocycles. The monoisotopic (exact) mass is 242 g/mol. The summed E-state index contributed by atoms with van der Waals surface area (Å²) in [5.74, 6) is 1.53. The van der Waals surface area contributed by atoms with E-state index < -0.39 is 0 Å². The second kappa shape index (κ2) is 5.04. The Morgan fingerprint density at radius 3 is 2.33 bits per heavy atom. The number of benzene rings is 1. The lowest BCUT2D eigenvalue weighted by molar-refractivity contribution is 1.04. The maximum atomic E-state index is 4.45. The Hall–Kier alpha value is -2.10. The van der Waals surface area contributed by atoms with Crippen molar-refractivity contribution in [3.8, 4) is 0 Å². The quantitative estimate of drug-likeness (QED) is 0.898. The topological polar surface area (TPSA) is 41.1 Å². The van der Waals surface area contributed by atoms with E-state index in [1.165, 1.54) is 5.56 Å². The van der Waals surface area contributed by atoms with Gasteiger partial charge in [0.25, 0.3) is 0 Å². The molecule has 2 rings (SSSR count). The molecule has 1 aromatic carbocycles. The summed E-state index contributed by atoms with van der Waals surface area (Å²) in [6.07, 6.45) is 0. The second-order valence-electron chi connectivity index (χ2n) is 4.34. The molecule has 18 heavy (non-hydrogen) atoms. The van der Waals surface area contributed by atoms with Crippen molar-refractivity contribution >= 4 is 17.5 Å². The van der Waals surface area contributed by atoms with Gasteiger partial charge in [0.05, 0.1) is 0 Å². The fraction of sp³-hybridized carbons (Fsp3) is 0.286. The number of aromatic nitrogens is 2. The SMILES string of the molecule is CNc1nc(C)cc(N(C)c2ccc(C)cc2)n1. The molecule has 0 saturated carbocycles. The van der Waals surface area contributed by atoms with E-state index in [1.807, 2.05) is 27.1 Å². The zero-order valence-corrected chi connectivity index (χ0v) is 11.2. The van der Waals surface area contributed by atoms with E-state index in [9.17, 15) is 0 Å². The van der Waals surface area contributed by atoms with Crippen LogP contribution in [0, 0.1) is 13.8 Å². The molecule has 94 valence electrons. The molecule has 4 heteroatoms. The molecule has 0 unspecified atom stereocenters. The van der Waals surface area contributed by atoms with Crippen molar-refractivity contribution in [2.24, 2.45) is 0 Å². The highest BCUT2D eigenvalue weighted by molar-refractivity contribution is 5.60. The van der Waals surface area contributed by atoms with Crippen molar-refractivity contribution in [2.75, 3.05) is 24.3 Å². The van der Waals surface area contributed by atoms with Gasteiger partial charge in [-0.3, -0.25) is 0 Å². The summed E-state index contributed by atoms with van der Waals surface area (Å²) < 4.78 is 0. The lowest BCUT2D eigenvalue weighted by Crippen LogP contribution is -2.13. The number of nitrogens with one attached hydrogen (secondary N) is 1. The zero-order valence-electron chi connectivity index (χ0n) is 11.2. The van der Waals surface area contributed by atoms with Gasteiger partial charge in [-0.15, -0.1) is 0 Å². The van der Waals surface area contributed by atoms with Crippen LogP contribution in [0.1, 0.15) is 11.3 Å². The van der Waals surface area contributed by atoms with Gasteiger partial charge in [-0.1, -0.05) is 17.7 Å². The molecule has 0 aliphatic carbocycles. The van der Waals surface area contributed by atoms with E-state index in [2.05, 4.69) is 51.4 Å². The van der Waals surface area contributed by atoms with Crippen LogP contribution in [0.4, 0.5) is 17.5 Å². The molecule has 0 aliphatic heterocycles. The highest BCUT2D eigenvalue weighted by Crippen LogP contribution is 2.23. The number of nitrogens with zero attached hydrogens (tertiary/aromatic N) is 3. The first-order chi connectivity index (χ1) is 8.60. The number of rotatable bonds is 3. The van der Waals surface area contributed by atoms with Crippen LogP contribution in [0.5, 0.6) is 0 Å². The Bertz CT molecular complexity index is 534. The van der Waals surface area contributed by atoms with Crippen LogP contribution in [0.2, 0.25) is 0 Å². The molecule has 0 amide bonds. The minimum Gasteiger partial charge on any atom is -0.357 e. The molecule has 0 spiro atoms. The lowest BCUT2D eigenvalue weighted by atomic mass is 10.2. The Morgan fingerprint density at radius 1 is 1.06 bits per heavy atom. The van der Waals surface area contributed by atoms with Gasteiger partial charge < -0.3 is 10.2 Å². The average Bonchev–Trinajstić information content (AvgIpc) is 2.38. The van der Waals surface area contributed by atoms with Gasteiger partial charge in [-0.2, -0.15) is 4.98 Å². The van der Waals surface area contributed by atoms with E-state index in [-0.39, 0.29) is 0 Å². The van der Waals surface area contributed by atoms with E-state index in [0.717, 1.165) is 17.2 Å². The van der Waals surface area contributed by atoms with Crippen molar-refractivity contribution in [2.45, 2.75) is 13.8 Å². The lowest BCUT2D eigenvalue weighted by Gasteiger charge is -2.19. The fourth-order valence-corrected chi connectivity index (χ4v) is 1.74. The smallest absolute Gasteiger partial charge is 0.224 e. The maximum Gasteiger partial charge on any atom is 0.224 e. The third kappa shape index (κ3) is 2.59. The summed E-state index contributed by atoms with van der Waals surface area (Å²) in [7, 11) is 3.83. The van der Waals surface area contributed by atoms with E-state index >= 15 is 0 Å². The Kier molecular flexibility index (Phi) is 3.46. The first kappa shape index (κ1) is 12.4. The first-order valence-electron chi connectivity index (χ1n) is 5.94. The van der Waals surface area contributed by atoms with Crippen molar-refractivity contribution in [1.29, 1.82) is 0 Å². The summed E-state index contributed by atoms with van der Waals surface area (Å²) in [5.41, 5.74) is 3.31. The van der Waals surface area contributed by atoms with Gasteiger partial charge in [-0.25, -0.2) is 4.98 Å². The third-order valence-electron chi connectivity index (χ3n) is 2.83. The first-order valence-corrected chi connectivity index (χ1v) is 5.94. The van der Waals surface area contributed by atoms with Gasteiger partial charge in [0, 0.05) is 31.5 Å². The third-order valence-corrected chi connectivity index (χ3v) is 2.83. The summed E-state index contributed by atoms with van der Waals surface area (Å²) in [4.78, 5) is 10.8. The van der Waals surface area contributed by atoms with Crippen LogP contribution >= 0.6 is 0 Å². The number of anilines is 3. The molecule has 0 bridgehead atoms. The maximum absolute atomic E-state index is 4.45. The highest BCUT2D eigenvalue weighted by atomic mass is 15.2. The largest absolute Gasteiger partial charge is 0.357 e. The van der Waals surface area contributed by atoms with Crippen LogP contribution in [-0.2, 0) is 0 Å². The predicted molar refractivity (Wildman–Crippen MR) is 75.6 cm³/mol. The number of hydrogen-bond acceptors (Lipinski definition) is 4. The van der Waals surface area contributed by atoms with Crippen molar-refractivity contribution in [3.05, 3.63) is 41.6 Å². The molecule has 0 atom stereocenters. The Labute approximate surface area is 108 Å². The zero-order chi connectivity index (χ0) is 13.1. The molecule has 1 N–H and O–H groups in total. The molecule has 0 aliphatic rings. The minimum atomic E-state index is 0.643. The van der Waals surface area contributed by atoms with Gasteiger partial charge in [0.15, 0.2) is 0 Å². The molecule has 0 saturated heterocycles. The summed E-state index contributed by atoms with van der Waals surface area (Å²) in [6, 6.07) is 10.3. The molecule has 4 nitrogen and oxygen atoms in total. The minimum absolute atomic E-state index is 0.643. The fourth-order valence-electron chi connectivity index (χ4n) is 1.74. The second-order valence-corrected chi connectivity index (χ2v) is 4.34. The highest BCUT2D eigenvalue weighted by Gasteiger charge is 2.07. The van der Waals surface area contributed by atoms with Gasteiger partial charge in [0.2, 0.25) is 5.95 Å². The number of aryl methyl sites for hydroxylation is 2. The number of hydrogen-bond donors (Lipinski definition) is 1. The van der Waals surface area contributed by atoms with Crippen LogP contribution in [-0.4, -0.2) is 24.1 Å². The molecule has 2 aromatic rings. The van der Waals surface area contributed by atoms with E-state index in [4.69, 9.17) is 0 Å². The van der Waals surface area contributed by atoms with Crippen molar-refractivity contribution < 1.29 is 0 Å². The molecule has 1 aromatic heterocycles. The van der Waals surface area contributed by atoms with Gasteiger partial charge in [-0.05, 0) is 26.0 Å². The molecule has 0 radical (unpaired) electrons. The van der Waals surface area contributed by atoms with Crippen molar-refractivity contribution in [3.63, 3.8) is 0 Å². The Balaban J connectivity index is 2.35. The van der Waals surface area contributed by atoms with Crippen LogP contribution in [0.15, 0.2) is 30.3 Å². The summed E-state index contributed by atoms with van der Waals surface area (Å²) >= 11 is 0. The van der Waals surface area contributed by atoms with Crippen molar-refractivity contribution in [1.82, 2.24) is 9.97 Å². The van der Waals surface area contributed by atoms with Gasteiger partial charge in [0.1, 0.15) is 5.82 Å². The van der Waals surface area contributed by atoms with Gasteiger partial charge >= 0.3 is 0 Å². The molecular formula is C14H18N4. The normalized spacial score (nSPS) is 10.2. The standard InChI is InChI=1S/C14H18N4/c1-10-5-7-12(8-6-10)18(4)13-9-11(2)16-14(15-3)17-13/h5-9H,1-4H3,(H,15,16,17). The Morgan fingerprint density at radius 2 is 1.72 bits per heavy atom. The van der Waals surface area contributed by atoms with E-state index in [0.29, 0.717) is 5.95 Å². The average molecular weight is 242 g/mol. The van der Waals surface area contributed by atoms with E-state index in [1.54, 1.807) is 0 Å². The summed E-state index contributed by atoms with van der Waals surface area (Å²) in [5, 5.41) is 2.97. The molecular weight excluding hydrogens is 224 g/mol.